The van der Waals surface area contributed by atoms with Gasteiger partial charge in [0.05, 0.1) is 11.8 Å². The number of imide groups is 1. The van der Waals surface area contributed by atoms with Crippen LogP contribution in [-0.2, 0) is 9.59 Å². The lowest BCUT2D eigenvalue weighted by Gasteiger charge is -2.17. The van der Waals surface area contributed by atoms with E-state index in [1.807, 2.05) is 12.2 Å². The largest absolute Gasteiger partial charge is 0.321 e. The van der Waals surface area contributed by atoms with Gasteiger partial charge in [0.15, 0.2) is 0 Å². The maximum absolute atomic E-state index is 12.4. The summed E-state index contributed by atoms with van der Waals surface area (Å²) in [5.41, 5.74) is 0. The Kier molecular flexibility index (Phi) is 3.14. The third-order valence-electron chi connectivity index (χ3n) is 4.87. The Hall–Kier alpha value is -2.70. The Morgan fingerprint density at radius 3 is 2.48 bits per heavy atom. The van der Waals surface area contributed by atoms with Crippen LogP contribution in [0.3, 0.4) is 0 Å². The number of nitrogens with one attached hydrogen (secondary N) is 2. The van der Waals surface area contributed by atoms with Crippen molar-refractivity contribution < 1.29 is 14.4 Å². The molecule has 0 aromatic carbocycles. The molecular formula is C16H16N4O3. The van der Waals surface area contributed by atoms with Crippen molar-refractivity contribution in [3.05, 3.63) is 36.5 Å². The first-order valence-corrected chi connectivity index (χ1v) is 7.64. The van der Waals surface area contributed by atoms with Gasteiger partial charge in [0.1, 0.15) is 12.5 Å². The van der Waals surface area contributed by atoms with Crippen LogP contribution in [0.5, 0.6) is 0 Å². The summed E-state index contributed by atoms with van der Waals surface area (Å²) in [5.74, 6) is -0.0629. The Morgan fingerprint density at radius 1 is 1.17 bits per heavy atom. The SMILES string of the molecule is O=C(NCN1C(=O)[C@@H]2[C@H](C1=O)[C@H]1C=C[C@H]2C1)Nc1ccccn1. The van der Waals surface area contributed by atoms with E-state index in [0.717, 1.165) is 6.42 Å². The number of allylic oxidation sites excluding steroid dienone is 2. The molecule has 1 aromatic rings. The van der Waals surface area contributed by atoms with Gasteiger partial charge in [0, 0.05) is 6.20 Å². The topological polar surface area (TPSA) is 91.4 Å². The number of fused-ring (bicyclic) bond motifs is 5. The summed E-state index contributed by atoms with van der Waals surface area (Å²) >= 11 is 0. The maximum Gasteiger partial charge on any atom is 0.321 e. The lowest BCUT2D eigenvalue weighted by Crippen LogP contribution is -2.43. The summed E-state index contributed by atoms with van der Waals surface area (Å²) in [5, 5.41) is 5.10. The standard InChI is InChI=1S/C16H16N4O3/c21-14-12-9-4-5-10(7-9)13(12)15(22)20(14)8-18-16(23)19-11-3-1-2-6-17-11/h1-6,9-10,12-13H,7-8H2,(H2,17,18,19,23)/t9-,10-,12-,13+/m0/s1. The van der Waals surface area contributed by atoms with E-state index in [9.17, 15) is 14.4 Å². The molecule has 2 bridgehead atoms. The predicted molar refractivity (Wildman–Crippen MR) is 80.8 cm³/mol. The average Bonchev–Trinajstić information content (AvgIpc) is 3.22. The maximum atomic E-state index is 12.4. The zero-order chi connectivity index (χ0) is 16.0. The summed E-state index contributed by atoms with van der Waals surface area (Å²) in [4.78, 5) is 41.9. The number of hydrogen-bond donors (Lipinski definition) is 2. The van der Waals surface area contributed by atoms with Crippen molar-refractivity contribution in [2.75, 3.05) is 12.0 Å². The highest BCUT2D eigenvalue weighted by atomic mass is 16.2. The number of carbonyl (C=O) groups excluding carboxylic acids is 3. The molecule has 23 heavy (non-hydrogen) atoms. The molecule has 1 saturated carbocycles. The smallest absolute Gasteiger partial charge is 0.320 e. The second-order valence-electron chi connectivity index (χ2n) is 6.11. The monoisotopic (exact) mass is 312 g/mol. The van der Waals surface area contributed by atoms with Gasteiger partial charge >= 0.3 is 6.03 Å². The minimum Gasteiger partial charge on any atom is -0.320 e. The molecular weight excluding hydrogens is 296 g/mol. The van der Waals surface area contributed by atoms with E-state index in [-0.39, 0.29) is 42.2 Å². The number of anilines is 1. The summed E-state index contributed by atoms with van der Waals surface area (Å²) in [6, 6.07) is 4.65. The summed E-state index contributed by atoms with van der Waals surface area (Å²) in [6.45, 7) is -0.108. The second kappa shape index (κ2) is 5.19. The second-order valence-corrected chi connectivity index (χ2v) is 6.11. The average molecular weight is 312 g/mol. The molecule has 7 nitrogen and oxygen atoms in total. The molecule has 2 heterocycles. The van der Waals surface area contributed by atoms with Crippen LogP contribution in [0.4, 0.5) is 10.6 Å². The Balaban J connectivity index is 1.38. The fourth-order valence-corrected chi connectivity index (χ4v) is 3.87. The van der Waals surface area contributed by atoms with Crippen LogP contribution < -0.4 is 10.6 Å². The number of likely N-dealkylation sites (tertiary alicyclic amines) is 1. The van der Waals surface area contributed by atoms with Crippen molar-refractivity contribution >= 4 is 23.7 Å². The van der Waals surface area contributed by atoms with Crippen LogP contribution >= 0.6 is 0 Å². The van der Waals surface area contributed by atoms with Gasteiger partial charge in [-0.2, -0.15) is 0 Å². The number of nitrogens with zero attached hydrogens (tertiary/aromatic N) is 2. The van der Waals surface area contributed by atoms with Gasteiger partial charge in [0.25, 0.3) is 0 Å². The van der Waals surface area contributed by atoms with E-state index in [2.05, 4.69) is 15.6 Å². The highest BCUT2D eigenvalue weighted by molar-refractivity contribution is 6.06. The fourth-order valence-electron chi connectivity index (χ4n) is 3.87. The normalized spacial score (nSPS) is 30.7. The van der Waals surface area contributed by atoms with E-state index in [4.69, 9.17) is 0 Å². The first-order valence-electron chi connectivity index (χ1n) is 7.64. The van der Waals surface area contributed by atoms with E-state index < -0.39 is 6.03 Å². The molecule has 2 aliphatic carbocycles. The minimum atomic E-state index is -0.498. The van der Waals surface area contributed by atoms with Crippen LogP contribution in [0.2, 0.25) is 0 Å². The molecule has 4 amide bonds. The van der Waals surface area contributed by atoms with Crippen molar-refractivity contribution in [2.45, 2.75) is 6.42 Å². The molecule has 7 heteroatoms. The third-order valence-corrected chi connectivity index (χ3v) is 4.87. The quantitative estimate of drug-likeness (QED) is 0.642. The zero-order valence-corrected chi connectivity index (χ0v) is 12.3. The third kappa shape index (κ3) is 2.19. The van der Waals surface area contributed by atoms with Gasteiger partial charge in [-0.05, 0) is 30.4 Å². The molecule has 0 unspecified atom stereocenters. The molecule has 118 valence electrons. The van der Waals surface area contributed by atoms with Gasteiger partial charge in [-0.25, -0.2) is 9.78 Å². The molecule has 0 spiro atoms. The van der Waals surface area contributed by atoms with Crippen molar-refractivity contribution in [2.24, 2.45) is 23.7 Å². The van der Waals surface area contributed by atoms with E-state index in [0.29, 0.717) is 5.82 Å². The zero-order valence-electron chi connectivity index (χ0n) is 12.3. The van der Waals surface area contributed by atoms with Gasteiger partial charge in [-0.15, -0.1) is 0 Å². The molecule has 1 aliphatic heterocycles. The Labute approximate surface area is 132 Å². The van der Waals surface area contributed by atoms with Crippen LogP contribution in [0.25, 0.3) is 0 Å². The summed E-state index contributed by atoms with van der Waals surface area (Å²) < 4.78 is 0. The van der Waals surface area contributed by atoms with Gasteiger partial charge < -0.3 is 5.32 Å². The first-order chi connectivity index (χ1) is 11.1. The van der Waals surface area contributed by atoms with Gasteiger partial charge in [-0.1, -0.05) is 18.2 Å². The van der Waals surface area contributed by atoms with Crippen molar-refractivity contribution in [3.8, 4) is 0 Å². The number of hydrogen-bond acceptors (Lipinski definition) is 4. The first kappa shape index (κ1) is 13.9. The molecule has 1 aromatic heterocycles. The van der Waals surface area contributed by atoms with E-state index in [1.165, 1.54) is 4.90 Å². The van der Waals surface area contributed by atoms with Crippen molar-refractivity contribution in [3.63, 3.8) is 0 Å². The molecule has 0 radical (unpaired) electrons. The van der Waals surface area contributed by atoms with Crippen molar-refractivity contribution in [1.29, 1.82) is 0 Å². The van der Waals surface area contributed by atoms with Crippen molar-refractivity contribution in [1.82, 2.24) is 15.2 Å². The van der Waals surface area contributed by atoms with Crippen LogP contribution in [0.15, 0.2) is 36.5 Å². The van der Waals surface area contributed by atoms with E-state index >= 15 is 0 Å². The number of carbonyl (C=O) groups is 3. The number of amides is 4. The van der Waals surface area contributed by atoms with E-state index in [1.54, 1.807) is 24.4 Å². The Bertz CT molecular complexity index is 673. The molecule has 4 atom stereocenters. The number of urea groups is 1. The number of pyridine rings is 1. The highest BCUT2D eigenvalue weighted by Gasteiger charge is 2.59. The molecule has 2 fully saturated rings. The Morgan fingerprint density at radius 2 is 1.87 bits per heavy atom. The molecule has 3 aliphatic rings. The molecule has 1 saturated heterocycles. The number of rotatable bonds is 3. The molecule has 2 N–H and O–H groups in total. The fraction of sp³-hybridized carbons (Fsp3) is 0.375. The highest BCUT2D eigenvalue weighted by Crippen LogP contribution is 2.52. The van der Waals surface area contributed by atoms with Gasteiger partial charge in [-0.3, -0.25) is 19.8 Å². The van der Waals surface area contributed by atoms with Crippen LogP contribution in [0, 0.1) is 23.7 Å². The summed E-state index contributed by atoms with van der Waals surface area (Å²) in [6.07, 6.45) is 6.55. The van der Waals surface area contributed by atoms with Gasteiger partial charge in [0.2, 0.25) is 11.8 Å². The molecule has 4 rings (SSSR count). The van der Waals surface area contributed by atoms with Crippen LogP contribution in [-0.4, -0.2) is 34.4 Å². The van der Waals surface area contributed by atoms with Crippen LogP contribution in [0.1, 0.15) is 6.42 Å². The lowest BCUT2D eigenvalue weighted by atomic mass is 9.85. The predicted octanol–water partition coefficient (Wildman–Crippen LogP) is 0.968. The summed E-state index contributed by atoms with van der Waals surface area (Å²) in [7, 11) is 0. The lowest BCUT2D eigenvalue weighted by molar-refractivity contribution is -0.140. The number of aromatic nitrogens is 1. The minimum absolute atomic E-state index is 0.108.